The van der Waals surface area contributed by atoms with Crippen molar-refractivity contribution < 1.29 is 19.1 Å². The van der Waals surface area contributed by atoms with Crippen LogP contribution in [0.25, 0.3) is 0 Å². The number of methoxy groups -OCH3 is 2. The highest BCUT2D eigenvalue weighted by molar-refractivity contribution is 5.78. The maximum absolute atomic E-state index is 12.7. The fourth-order valence-electron chi connectivity index (χ4n) is 6.78. The van der Waals surface area contributed by atoms with Crippen molar-refractivity contribution in [2.24, 2.45) is 11.3 Å². The highest BCUT2D eigenvalue weighted by Crippen LogP contribution is 2.43. The molecule has 2 heterocycles. The van der Waals surface area contributed by atoms with E-state index in [1.54, 1.807) is 0 Å². The molecule has 3 aliphatic rings. The van der Waals surface area contributed by atoms with Gasteiger partial charge in [-0.25, -0.2) is 0 Å². The second kappa shape index (κ2) is 11.8. The number of esters is 2. The molecule has 1 N–H and O–H groups in total. The summed E-state index contributed by atoms with van der Waals surface area (Å²) in [6.07, 6.45) is 8.54. The Labute approximate surface area is 216 Å². The van der Waals surface area contributed by atoms with Gasteiger partial charge in [-0.3, -0.25) is 14.5 Å². The van der Waals surface area contributed by atoms with Gasteiger partial charge in [-0.05, 0) is 102 Å². The molecule has 2 aliphatic heterocycles. The van der Waals surface area contributed by atoms with E-state index in [9.17, 15) is 9.59 Å². The van der Waals surface area contributed by atoms with Crippen LogP contribution in [0.15, 0.2) is 18.2 Å². The second-order valence-corrected chi connectivity index (χ2v) is 11.2. The molecule has 1 atom stereocenters. The summed E-state index contributed by atoms with van der Waals surface area (Å²) in [6, 6.07) is 8.18. The lowest BCUT2D eigenvalue weighted by Crippen LogP contribution is -2.46. The molecule has 1 aromatic rings. The van der Waals surface area contributed by atoms with E-state index in [4.69, 9.17) is 9.47 Å². The van der Waals surface area contributed by atoms with Gasteiger partial charge in [0.2, 0.25) is 0 Å². The molecule has 0 bridgehead atoms. The Morgan fingerprint density at radius 1 is 1.03 bits per heavy atom. The van der Waals surface area contributed by atoms with Gasteiger partial charge < -0.3 is 19.7 Å². The van der Waals surface area contributed by atoms with Crippen LogP contribution in [0.2, 0.25) is 0 Å². The normalized spacial score (nSPS) is 27.6. The Morgan fingerprint density at radius 3 is 2.33 bits per heavy atom. The number of benzene rings is 1. The molecule has 0 unspecified atom stereocenters. The number of nitrogens with one attached hydrogen (secondary N) is 1. The zero-order chi connectivity index (χ0) is 25.7. The maximum atomic E-state index is 12.7. The van der Waals surface area contributed by atoms with Crippen LogP contribution < -0.4 is 10.2 Å². The molecule has 200 valence electrons. The van der Waals surface area contributed by atoms with Gasteiger partial charge in [-0.1, -0.05) is 0 Å². The van der Waals surface area contributed by atoms with Crippen molar-refractivity contribution in [2.75, 3.05) is 50.6 Å². The molecule has 36 heavy (non-hydrogen) atoms. The predicted molar refractivity (Wildman–Crippen MR) is 143 cm³/mol. The average Bonchev–Trinajstić information content (AvgIpc) is 3.34. The van der Waals surface area contributed by atoms with Crippen LogP contribution in [0.4, 0.5) is 11.4 Å². The largest absolute Gasteiger partial charge is 0.469 e. The number of piperidine rings is 1. The van der Waals surface area contributed by atoms with Gasteiger partial charge in [0.25, 0.3) is 0 Å². The predicted octanol–water partition coefficient (Wildman–Crippen LogP) is 4.77. The lowest BCUT2D eigenvalue weighted by molar-refractivity contribution is -0.159. The third kappa shape index (κ3) is 5.82. The number of aryl methyl sites for hydroxylation is 1. The number of rotatable bonds is 8. The van der Waals surface area contributed by atoms with Crippen LogP contribution in [0.1, 0.15) is 70.3 Å². The highest BCUT2D eigenvalue weighted by Gasteiger charge is 2.44. The van der Waals surface area contributed by atoms with Crippen molar-refractivity contribution in [3.63, 3.8) is 0 Å². The molecule has 0 spiro atoms. The van der Waals surface area contributed by atoms with Gasteiger partial charge in [-0.15, -0.1) is 0 Å². The van der Waals surface area contributed by atoms with Crippen molar-refractivity contribution in [1.82, 2.24) is 4.90 Å². The minimum Gasteiger partial charge on any atom is -0.469 e. The molecule has 0 amide bonds. The first-order chi connectivity index (χ1) is 17.4. The third-order valence-electron chi connectivity index (χ3n) is 9.13. The molecule has 1 aromatic carbocycles. The Hall–Kier alpha value is -2.28. The van der Waals surface area contributed by atoms with Crippen molar-refractivity contribution in [1.29, 1.82) is 0 Å². The summed E-state index contributed by atoms with van der Waals surface area (Å²) in [5.74, 6) is -0.442. The van der Waals surface area contributed by atoms with E-state index in [0.29, 0.717) is 38.6 Å². The number of anilines is 2. The van der Waals surface area contributed by atoms with Gasteiger partial charge in [0.1, 0.15) is 0 Å². The van der Waals surface area contributed by atoms with Crippen LogP contribution >= 0.6 is 0 Å². The van der Waals surface area contributed by atoms with E-state index >= 15 is 0 Å². The summed E-state index contributed by atoms with van der Waals surface area (Å²) in [6.45, 7) is 8.74. The lowest BCUT2D eigenvalue weighted by Gasteiger charge is -2.39. The van der Waals surface area contributed by atoms with Crippen LogP contribution in [0, 0.1) is 18.3 Å². The Bertz CT molecular complexity index is 904. The molecule has 4 rings (SSSR count). The van der Waals surface area contributed by atoms with Crippen LogP contribution in [0.3, 0.4) is 0 Å². The van der Waals surface area contributed by atoms with E-state index < -0.39 is 5.41 Å². The summed E-state index contributed by atoms with van der Waals surface area (Å²) in [4.78, 5) is 29.9. The smallest absolute Gasteiger partial charge is 0.311 e. The topological polar surface area (TPSA) is 71.1 Å². The van der Waals surface area contributed by atoms with Crippen molar-refractivity contribution in [3.05, 3.63) is 23.8 Å². The van der Waals surface area contributed by atoms with Crippen LogP contribution in [-0.2, 0) is 19.1 Å². The monoisotopic (exact) mass is 499 g/mol. The second-order valence-electron chi connectivity index (χ2n) is 11.2. The summed E-state index contributed by atoms with van der Waals surface area (Å²) in [7, 11) is 2.89. The summed E-state index contributed by atoms with van der Waals surface area (Å²) in [5.41, 5.74) is 3.11. The highest BCUT2D eigenvalue weighted by atomic mass is 16.5. The van der Waals surface area contributed by atoms with Gasteiger partial charge in [0, 0.05) is 43.1 Å². The fourth-order valence-corrected chi connectivity index (χ4v) is 6.78. The molecule has 2 saturated heterocycles. The van der Waals surface area contributed by atoms with Crippen molar-refractivity contribution in [2.45, 2.75) is 83.7 Å². The summed E-state index contributed by atoms with van der Waals surface area (Å²) < 4.78 is 10.1. The number of ether oxygens (including phenoxy) is 2. The van der Waals surface area contributed by atoms with Gasteiger partial charge in [-0.2, -0.15) is 0 Å². The van der Waals surface area contributed by atoms with E-state index in [1.165, 1.54) is 57.7 Å². The summed E-state index contributed by atoms with van der Waals surface area (Å²) >= 11 is 0. The molecule has 1 saturated carbocycles. The number of hydrogen-bond donors (Lipinski definition) is 1. The molecule has 0 aromatic heterocycles. The summed E-state index contributed by atoms with van der Waals surface area (Å²) in [5, 5.41) is 3.56. The maximum Gasteiger partial charge on any atom is 0.311 e. The Kier molecular flexibility index (Phi) is 8.81. The van der Waals surface area contributed by atoms with Gasteiger partial charge in [0.05, 0.1) is 25.6 Å². The molecular weight excluding hydrogens is 454 g/mol. The van der Waals surface area contributed by atoms with Crippen molar-refractivity contribution in [3.8, 4) is 0 Å². The number of nitrogens with zero attached hydrogens (tertiary/aromatic N) is 2. The first-order valence-electron chi connectivity index (χ1n) is 13.9. The molecule has 1 aliphatic carbocycles. The SMILES string of the molecule is COC(=O)C1CCC(CCNc2ccc(N3CCC(N4CCC[C@@H]4C)CC3)cc2C)(C(=O)OC)CC1. The van der Waals surface area contributed by atoms with Gasteiger partial charge in [0.15, 0.2) is 0 Å². The zero-order valence-corrected chi connectivity index (χ0v) is 22.7. The fraction of sp³-hybridized carbons (Fsp3) is 0.724. The minimum absolute atomic E-state index is 0.112. The van der Waals surface area contributed by atoms with Crippen LogP contribution in [-0.4, -0.2) is 69.3 Å². The third-order valence-corrected chi connectivity index (χ3v) is 9.13. The average molecular weight is 500 g/mol. The Balaban J connectivity index is 1.30. The first-order valence-corrected chi connectivity index (χ1v) is 13.9. The first kappa shape index (κ1) is 26.8. The van der Waals surface area contributed by atoms with E-state index in [2.05, 4.69) is 47.2 Å². The van der Waals surface area contributed by atoms with Gasteiger partial charge >= 0.3 is 11.9 Å². The standard InChI is InChI=1S/C29H45N3O4/c1-21-20-25(31-18-11-24(12-19-31)32-17-5-6-22(32)2)7-8-26(21)30-16-15-29(28(34)36-4)13-9-23(10-14-29)27(33)35-3/h7-8,20,22-24,30H,5-6,9-19H2,1-4H3/t22-,23?,29?/m0/s1. The van der Waals surface area contributed by atoms with Crippen molar-refractivity contribution >= 4 is 23.3 Å². The molecule has 7 heteroatoms. The number of carbonyl (C=O) groups is 2. The van der Waals surface area contributed by atoms with E-state index in [-0.39, 0.29) is 17.9 Å². The van der Waals surface area contributed by atoms with Crippen LogP contribution in [0.5, 0.6) is 0 Å². The minimum atomic E-state index is -0.530. The molecule has 0 radical (unpaired) electrons. The molecule has 7 nitrogen and oxygen atoms in total. The van der Waals surface area contributed by atoms with E-state index in [0.717, 1.165) is 30.9 Å². The Morgan fingerprint density at radius 2 is 1.75 bits per heavy atom. The zero-order valence-electron chi connectivity index (χ0n) is 22.7. The lowest BCUT2D eigenvalue weighted by atomic mass is 9.68. The quantitative estimate of drug-likeness (QED) is 0.517. The number of likely N-dealkylation sites (tertiary alicyclic amines) is 1. The number of hydrogen-bond acceptors (Lipinski definition) is 7. The number of carbonyl (C=O) groups excluding carboxylic acids is 2. The molecule has 3 fully saturated rings. The molecular formula is C29H45N3O4. The van der Waals surface area contributed by atoms with E-state index in [1.807, 2.05) is 0 Å².